The van der Waals surface area contributed by atoms with Gasteiger partial charge in [0.1, 0.15) is 11.8 Å². The van der Waals surface area contributed by atoms with Crippen molar-refractivity contribution in [2.45, 2.75) is 59.0 Å². The molecule has 3 aromatic carbocycles. The molecular formula is C31H38N2O3. The van der Waals surface area contributed by atoms with E-state index in [9.17, 15) is 9.59 Å². The van der Waals surface area contributed by atoms with Crippen LogP contribution in [0.5, 0.6) is 5.75 Å². The van der Waals surface area contributed by atoms with E-state index in [0.29, 0.717) is 25.3 Å². The first-order chi connectivity index (χ1) is 17.5. The predicted molar refractivity (Wildman–Crippen MR) is 145 cm³/mol. The van der Waals surface area contributed by atoms with Gasteiger partial charge < -0.3 is 15.0 Å². The first-order valence-electron chi connectivity index (χ1n) is 12.9. The van der Waals surface area contributed by atoms with Gasteiger partial charge in [0, 0.05) is 19.5 Å². The second-order valence-corrected chi connectivity index (χ2v) is 9.14. The number of unbranched alkanes of at least 4 members (excludes halogenated alkanes) is 1. The Bertz CT molecular complexity index is 1080. The monoisotopic (exact) mass is 486 g/mol. The van der Waals surface area contributed by atoms with Crippen LogP contribution in [0.4, 0.5) is 0 Å². The molecule has 3 rings (SSSR count). The number of benzene rings is 3. The molecule has 0 unspecified atom stereocenters. The summed E-state index contributed by atoms with van der Waals surface area (Å²) in [6.45, 7) is 7.00. The summed E-state index contributed by atoms with van der Waals surface area (Å²) in [6.07, 6.45) is 3.26. The van der Waals surface area contributed by atoms with Crippen LogP contribution in [0, 0.1) is 6.92 Å². The normalized spacial score (nSPS) is 11.5. The number of ether oxygens (including phenoxy) is 1. The van der Waals surface area contributed by atoms with Gasteiger partial charge in [0.05, 0.1) is 0 Å². The lowest BCUT2D eigenvalue weighted by Gasteiger charge is -2.31. The Labute approximate surface area is 215 Å². The SMILES string of the molecule is CCCCNC(=O)[C@H](Cc1ccccc1)N(Cc1ccc(C)cc1)C(=O)COc1ccc(CC)cc1. The molecule has 3 aromatic rings. The van der Waals surface area contributed by atoms with Crippen molar-refractivity contribution >= 4 is 11.8 Å². The molecule has 5 heteroatoms. The van der Waals surface area contributed by atoms with Crippen LogP contribution in [0.2, 0.25) is 0 Å². The van der Waals surface area contributed by atoms with Crippen molar-refractivity contribution in [1.29, 1.82) is 0 Å². The molecule has 0 bridgehead atoms. The van der Waals surface area contributed by atoms with E-state index < -0.39 is 6.04 Å². The first-order valence-corrected chi connectivity index (χ1v) is 12.9. The minimum Gasteiger partial charge on any atom is -0.484 e. The third-order valence-electron chi connectivity index (χ3n) is 6.27. The highest BCUT2D eigenvalue weighted by Gasteiger charge is 2.30. The number of carbonyl (C=O) groups is 2. The Kier molecular flexibility index (Phi) is 10.6. The predicted octanol–water partition coefficient (Wildman–Crippen LogP) is 5.49. The summed E-state index contributed by atoms with van der Waals surface area (Å²) in [5.74, 6) is 0.282. The van der Waals surface area contributed by atoms with Crippen LogP contribution in [-0.2, 0) is 29.0 Å². The van der Waals surface area contributed by atoms with Crippen LogP contribution in [0.1, 0.15) is 48.9 Å². The maximum absolute atomic E-state index is 13.6. The van der Waals surface area contributed by atoms with Crippen LogP contribution < -0.4 is 10.1 Å². The van der Waals surface area contributed by atoms with Gasteiger partial charge in [0.2, 0.25) is 5.91 Å². The standard InChI is InChI=1S/C31H38N2O3/c1-4-6-20-32-31(35)29(21-26-10-8-7-9-11-26)33(22-27-14-12-24(3)13-15-27)30(34)23-36-28-18-16-25(5-2)17-19-28/h7-19,29H,4-6,20-23H2,1-3H3,(H,32,35)/t29-/m0/s1. The molecule has 0 saturated heterocycles. The van der Waals surface area contributed by atoms with Gasteiger partial charge >= 0.3 is 0 Å². The lowest BCUT2D eigenvalue weighted by atomic mass is 10.0. The molecule has 1 N–H and O–H groups in total. The van der Waals surface area contributed by atoms with E-state index in [-0.39, 0.29) is 18.4 Å². The highest BCUT2D eigenvalue weighted by Crippen LogP contribution is 2.17. The third kappa shape index (κ3) is 8.26. The van der Waals surface area contributed by atoms with Crippen molar-refractivity contribution in [3.05, 3.63) is 101 Å². The highest BCUT2D eigenvalue weighted by molar-refractivity contribution is 5.88. The lowest BCUT2D eigenvalue weighted by molar-refractivity contribution is -0.142. The number of hydrogen-bond acceptors (Lipinski definition) is 3. The van der Waals surface area contributed by atoms with Crippen molar-refractivity contribution < 1.29 is 14.3 Å². The molecule has 0 aromatic heterocycles. The Morgan fingerprint density at radius 1 is 0.861 bits per heavy atom. The number of carbonyl (C=O) groups excluding carboxylic acids is 2. The Morgan fingerprint density at radius 2 is 1.53 bits per heavy atom. The summed E-state index contributed by atoms with van der Waals surface area (Å²) in [5.41, 5.74) is 4.33. The van der Waals surface area contributed by atoms with E-state index in [1.165, 1.54) is 5.56 Å². The van der Waals surface area contributed by atoms with Gasteiger partial charge in [0.25, 0.3) is 5.91 Å². The molecule has 0 aliphatic heterocycles. The van der Waals surface area contributed by atoms with Crippen LogP contribution in [0.3, 0.4) is 0 Å². The summed E-state index contributed by atoms with van der Waals surface area (Å²) in [4.78, 5) is 28.7. The Hall–Kier alpha value is -3.60. The minimum absolute atomic E-state index is 0.134. The van der Waals surface area contributed by atoms with Crippen LogP contribution in [0.25, 0.3) is 0 Å². The number of nitrogens with zero attached hydrogens (tertiary/aromatic N) is 1. The smallest absolute Gasteiger partial charge is 0.261 e. The van der Waals surface area contributed by atoms with E-state index in [2.05, 4.69) is 19.2 Å². The Morgan fingerprint density at radius 3 is 2.17 bits per heavy atom. The van der Waals surface area contributed by atoms with Crippen molar-refractivity contribution in [1.82, 2.24) is 10.2 Å². The van der Waals surface area contributed by atoms with Gasteiger partial charge in [-0.25, -0.2) is 0 Å². The quantitative estimate of drug-likeness (QED) is 0.325. The van der Waals surface area contributed by atoms with Crippen molar-refractivity contribution in [2.75, 3.05) is 13.2 Å². The molecule has 2 amide bonds. The summed E-state index contributed by atoms with van der Waals surface area (Å²) < 4.78 is 5.86. The van der Waals surface area contributed by atoms with Crippen molar-refractivity contribution in [3.8, 4) is 5.75 Å². The lowest BCUT2D eigenvalue weighted by Crippen LogP contribution is -2.51. The summed E-state index contributed by atoms with van der Waals surface area (Å²) >= 11 is 0. The maximum atomic E-state index is 13.6. The van der Waals surface area contributed by atoms with E-state index in [1.807, 2.05) is 85.8 Å². The van der Waals surface area contributed by atoms with Crippen LogP contribution in [0.15, 0.2) is 78.9 Å². The van der Waals surface area contributed by atoms with Crippen molar-refractivity contribution in [3.63, 3.8) is 0 Å². The van der Waals surface area contributed by atoms with Gasteiger partial charge in [-0.1, -0.05) is 92.6 Å². The minimum atomic E-state index is -0.649. The fraction of sp³-hybridized carbons (Fsp3) is 0.355. The highest BCUT2D eigenvalue weighted by atomic mass is 16.5. The first kappa shape index (κ1) is 27.0. The van der Waals surface area contributed by atoms with Gasteiger partial charge in [-0.2, -0.15) is 0 Å². The second kappa shape index (κ2) is 14.1. The molecule has 0 radical (unpaired) electrons. The second-order valence-electron chi connectivity index (χ2n) is 9.14. The maximum Gasteiger partial charge on any atom is 0.261 e. The number of rotatable bonds is 13. The molecule has 190 valence electrons. The average molecular weight is 487 g/mol. The van der Waals surface area contributed by atoms with Gasteiger partial charge in [-0.15, -0.1) is 0 Å². The molecule has 0 aliphatic rings. The average Bonchev–Trinajstić information content (AvgIpc) is 2.91. The number of aryl methyl sites for hydroxylation is 2. The molecule has 1 atom stereocenters. The largest absolute Gasteiger partial charge is 0.484 e. The third-order valence-corrected chi connectivity index (χ3v) is 6.27. The number of amides is 2. The molecular weight excluding hydrogens is 448 g/mol. The fourth-order valence-corrected chi connectivity index (χ4v) is 4.00. The Balaban J connectivity index is 1.85. The fourth-order valence-electron chi connectivity index (χ4n) is 4.00. The van der Waals surface area contributed by atoms with Crippen molar-refractivity contribution in [2.24, 2.45) is 0 Å². The van der Waals surface area contributed by atoms with E-state index in [0.717, 1.165) is 36.0 Å². The zero-order valence-corrected chi connectivity index (χ0v) is 21.7. The number of hydrogen-bond donors (Lipinski definition) is 1. The summed E-state index contributed by atoms with van der Waals surface area (Å²) in [6, 6.07) is 25.0. The van der Waals surface area contributed by atoms with Gasteiger partial charge in [0.15, 0.2) is 6.61 Å². The summed E-state index contributed by atoms with van der Waals surface area (Å²) in [5, 5.41) is 3.05. The molecule has 36 heavy (non-hydrogen) atoms. The van der Waals surface area contributed by atoms with Crippen LogP contribution in [-0.4, -0.2) is 35.9 Å². The van der Waals surface area contributed by atoms with Crippen LogP contribution >= 0.6 is 0 Å². The van der Waals surface area contributed by atoms with E-state index in [4.69, 9.17) is 4.74 Å². The molecule has 0 spiro atoms. The zero-order chi connectivity index (χ0) is 25.8. The summed E-state index contributed by atoms with van der Waals surface area (Å²) in [7, 11) is 0. The molecule has 5 nitrogen and oxygen atoms in total. The van der Waals surface area contributed by atoms with E-state index >= 15 is 0 Å². The van der Waals surface area contributed by atoms with Gasteiger partial charge in [-0.05, 0) is 48.6 Å². The molecule has 0 heterocycles. The van der Waals surface area contributed by atoms with Gasteiger partial charge in [-0.3, -0.25) is 9.59 Å². The topological polar surface area (TPSA) is 58.6 Å². The zero-order valence-electron chi connectivity index (χ0n) is 21.7. The molecule has 0 saturated carbocycles. The number of nitrogens with one attached hydrogen (secondary N) is 1. The van der Waals surface area contributed by atoms with E-state index in [1.54, 1.807) is 4.90 Å². The molecule has 0 fully saturated rings. The molecule has 0 aliphatic carbocycles.